The second kappa shape index (κ2) is 10.8. The molecule has 160 valence electrons. The van der Waals surface area contributed by atoms with Crippen LogP contribution in [-0.2, 0) is 6.54 Å². The third kappa shape index (κ3) is 6.30. The van der Waals surface area contributed by atoms with Crippen LogP contribution in [-0.4, -0.2) is 23.0 Å². The monoisotopic (exact) mass is 419 g/mol. The molecule has 3 rings (SSSR count). The molecule has 0 atom stereocenters. The van der Waals surface area contributed by atoms with Crippen molar-refractivity contribution in [2.75, 3.05) is 6.61 Å². The molecule has 0 aliphatic carbocycles. The smallest absolute Gasteiger partial charge is 0.271 e. The molecule has 2 amide bonds. The van der Waals surface area contributed by atoms with E-state index in [9.17, 15) is 14.4 Å². The summed E-state index contributed by atoms with van der Waals surface area (Å²) in [6, 6.07) is 18.9. The van der Waals surface area contributed by atoms with Crippen LogP contribution < -0.4 is 21.1 Å². The maximum absolute atomic E-state index is 12.4. The van der Waals surface area contributed by atoms with Crippen molar-refractivity contribution in [1.82, 2.24) is 15.4 Å². The number of benzene rings is 2. The van der Waals surface area contributed by atoms with Crippen molar-refractivity contribution in [2.45, 2.75) is 26.3 Å². The zero-order chi connectivity index (χ0) is 22.1. The van der Waals surface area contributed by atoms with Crippen LogP contribution >= 0.6 is 0 Å². The fraction of sp³-hybridized carbons (Fsp3) is 0.208. The SMILES string of the molecule is CCCCOc1ccc(C(=O)NNC(=O)c2ccc(=O)n(Cc3ccccc3)c2)cc1. The molecule has 1 heterocycles. The van der Waals surface area contributed by atoms with Crippen LogP contribution in [0.5, 0.6) is 5.75 Å². The molecule has 7 nitrogen and oxygen atoms in total. The van der Waals surface area contributed by atoms with Gasteiger partial charge in [0, 0.05) is 17.8 Å². The summed E-state index contributed by atoms with van der Waals surface area (Å²) in [6.07, 6.45) is 3.48. The van der Waals surface area contributed by atoms with Gasteiger partial charge in [0.1, 0.15) is 5.75 Å². The van der Waals surface area contributed by atoms with E-state index < -0.39 is 11.8 Å². The molecular weight excluding hydrogens is 394 g/mol. The maximum atomic E-state index is 12.4. The third-order valence-electron chi connectivity index (χ3n) is 4.61. The largest absolute Gasteiger partial charge is 0.494 e. The van der Waals surface area contributed by atoms with Crippen LogP contribution in [0.2, 0.25) is 0 Å². The van der Waals surface area contributed by atoms with Crippen molar-refractivity contribution in [2.24, 2.45) is 0 Å². The number of rotatable bonds is 8. The molecule has 31 heavy (non-hydrogen) atoms. The topological polar surface area (TPSA) is 89.4 Å². The summed E-state index contributed by atoms with van der Waals surface area (Å²) < 4.78 is 7.02. The van der Waals surface area contributed by atoms with Crippen LogP contribution in [0.4, 0.5) is 0 Å². The normalized spacial score (nSPS) is 10.4. The number of pyridine rings is 1. The minimum Gasteiger partial charge on any atom is -0.494 e. The second-order valence-corrected chi connectivity index (χ2v) is 7.00. The Morgan fingerprint density at radius 3 is 2.19 bits per heavy atom. The lowest BCUT2D eigenvalue weighted by atomic mass is 10.2. The summed E-state index contributed by atoms with van der Waals surface area (Å²) in [6.45, 7) is 3.06. The van der Waals surface area contributed by atoms with Crippen LogP contribution in [0.15, 0.2) is 77.7 Å². The number of unbranched alkanes of at least 4 members (excludes halogenated alkanes) is 1. The minimum absolute atomic E-state index is 0.217. The van der Waals surface area contributed by atoms with Crippen LogP contribution in [0.1, 0.15) is 46.0 Å². The zero-order valence-corrected chi connectivity index (χ0v) is 17.3. The van der Waals surface area contributed by atoms with Gasteiger partial charge in [0.05, 0.1) is 18.7 Å². The minimum atomic E-state index is -0.519. The summed E-state index contributed by atoms with van der Waals surface area (Å²) in [5.74, 6) is -0.282. The first-order chi connectivity index (χ1) is 15.1. The number of aromatic nitrogens is 1. The molecule has 0 bridgehead atoms. The lowest BCUT2D eigenvalue weighted by molar-refractivity contribution is 0.0846. The standard InChI is InChI=1S/C24H25N3O4/c1-2-3-15-31-21-12-9-19(10-13-21)23(29)25-26-24(30)20-11-14-22(28)27(17-20)16-18-7-5-4-6-8-18/h4-14,17H,2-3,15-16H2,1H3,(H,25,29)(H,26,30). The van der Waals surface area contributed by atoms with E-state index in [4.69, 9.17) is 4.74 Å². The van der Waals surface area contributed by atoms with Crippen molar-refractivity contribution >= 4 is 11.8 Å². The predicted molar refractivity (Wildman–Crippen MR) is 118 cm³/mol. The van der Waals surface area contributed by atoms with Gasteiger partial charge in [0.2, 0.25) is 0 Å². The molecule has 0 saturated carbocycles. The van der Waals surface area contributed by atoms with Crippen molar-refractivity contribution < 1.29 is 14.3 Å². The molecule has 0 unspecified atom stereocenters. The maximum Gasteiger partial charge on any atom is 0.271 e. The van der Waals surface area contributed by atoms with Gasteiger partial charge in [-0.05, 0) is 42.3 Å². The van der Waals surface area contributed by atoms with E-state index in [1.807, 2.05) is 30.3 Å². The van der Waals surface area contributed by atoms with E-state index in [1.54, 1.807) is 24.3 Å². The summed E-state index contributed by atoms with van der Waals surface area (Å²) in [7, 11) is 0. The number of carbonyl (C=O) groups is 2. The van der Waals surface area contributed by atoms with Gasteiger partial charge in [0.15, 0.2) is 0 Å². The number of carbonyl (C=O) groups excluding carboxylic acids is 2. The number of hydrazine groups is 1. The molecular formula is C24H25N3O4. The Balaban J connectivity index is 1.58. The summed E-state index contributed by atoms with van der Waals surface area (Å²) in [4.78, 5) is 36.8. The Hall–Kier alpha value is -3.87. The third-order valence-corrected chi connectivity index (χ3v) is 4.61. The van der Waals surface area contributed by atoms with Gasteiger partial charge in [-0.2, -0.15) is 0 Å². The quantitative estimate of drug-likeness (QED) is 0.434. The lowest BCUT2D eigenvalue weighted by Gasteiger charge is -2.10. The Morgan fingerprint density at radius 2 is 1.52 bits per heavy atom. The average molecular weight is 419 g/mol. The highest BCUT2D eigenvalue weighted by Gasteiger charge is 2.11. The Bertz CT molecular complexity index is 1080. The number of ether oxygens (including phenoxy) is 1. The molecule has 3 aromatic rings. The van der Waals surface area contributed by atoms with Gasteiger partial charge in [-0.1, -0.05) is 43.7 Å². The Kier molecular flexibility index (Phi) is 7.59. The van der Waals surface area contributed by atoms with Gasteiger partial charge >= 0.3 is 0 Å². The summed E-state index contributed by atoms with van der Waals surface area (Å²) >= 11 is 0. The van der Waals surface area contributed by atoms with E-state index in [1.165, 1.54) is 22.9 Å². The van der Waals surface area contributed by atoms with Crippen LogP contribution in [0.25, 0.3) is 0 Å². The molecule has 2 aromatic carbocycles. The first kappa shape index (κ1) is 21.8. The van der Waals surface area contributed by atoms with Crippen LogP contribution in [0.3, 0.4) is 0 Å². The molecule has 1 aromatic heterocycles. The molecule has 0 spiro atoms. The number of amides is 2. The van der Waals surface area contributed by atoms with E-state index in [-0.39, 0.29) is 11.1 Å². The molecule has 7 heteroatoms. The lowest BCUT2D eigenvalue weighted by Crippen LogP contribution is -2.42. The molecule has 0 saturated heterocycles. The van der Waals surface area contributed by atoms with Gasteiger partial charge in [-0.25, -0.2) is 0 Å². The van der Waals surface area contributed by atoms with Crippen molar-refractivity contribution in [3.63, 3.8) is 0 Å². The first-order valence-electron chi connectivity index (χ1n) is 10.1. The Morgan fingerprint density at radius 1 is 0.871 bits per heavy atom. The number of nitrogens with one attached hydrogen (secondary N) is 2. The average Bonchev–Trinajstić information content (AvgIpc) is 2.80. The first-order valence-corrected chi connectivity index (χ1v) is 10.1. The van der Waals surface area contributed by atoms with Crippen molar-refractivity contribution in [1.29, 1.82) is 0 Å². The zero-order valence-electron chi connectivity index (χ0n) is 17.3. The van der Waals surface area contributed by atoms with Gasteiger partial charge in [-0.3, -0.25) is 25.2 Å². The van der Waals surface area contributed by atoms with Crippen molar-refractivity contribution in [3.05, 3.63) is 100.0 Å². The van der Waals surface area contributed by atoms with Crippen molar-refractivity contribution in [3.8, 4) is 5.75 Å². The highest BCUT2D eigenvalue weighted by Crippen LogP contribution is 2.12. The summed E-state index contributed by atoms with van der Waals surface area (Å²) in [5.41, 5.74) is 6.14. The van der Waals surface area contributed by atoms with E-state index >= 15 is 0 Å². The Labute approximate surface area is 180 Å². The van der Waals surface area contributed by atoms with Gasteiger partial charge < -0.3 is 9.30 Å². The fourth-order valence-electron chi connectivity index (χ4n) is 2.86. The van der Waals surface area contributed by atoms with Gasteiger partial charge in [0.25, 0.3) is 17.4 Å². The second-order valence-electron chi connectivity index (χ2n) is 7.00. The number of hydrogen-bond acceptors (Lipinski definition) is 4. The highest BCUT2D eigenvalue weighted by atomic mass is 16.5. The van der Waals surface area contributed by atoms with Gasteiger partial charge in [-0.15, -0.1) is 0 Å². The molecule has 0 radical (unpaired) electrons. The molecule has 0 fully saturated rings. The summed E-state index contributed by atoms with van der Waals surface area (Å²) in [5, 5.41) is 0. The van der Waals surface area contributed by atoms with E-state index in [0.717, 1.165) is 18.4 Å². The molecule has 0 aliphatic heterocycles. The highest BCUT2D eigenvalue weighted by molar-refractivity contribution is 5.98. The predicted octanol–water partition coefficient (Wildman–Crippen LogP) is 3.15. The van der Waals surface area contributed by atoms with Crippen LogP contribution in [0, 0.1) is 0 Å². The molecule has 2 N–H and O–H groups in total. The van der Waals surface area contributed by atoms with E-state index in [2.05, 4.69) is 17.8 Å². The number of hydrogen-bond donors (Lipinski definition) is 2. The number of nitrogens with zero attached hydrogens (tertiary/aromatic N) is 1. The molecule has 0 aliphatic rings. The van der Waals surface area contributed by atoms with E-state index in [0.29, 0.717) is 24.5 Å². The fourth-order valence-corrected chi connectivity index (χ4v) is 2.86.